The summed E-state index contributed by atoms with van der Waals surface area (Å²) >= 11 is 0. The highest BCUT2D eigenvalue weighted by Crippen LogP contribution is 2.14. The molecule has 5 heteroatoms. The van der Waals surface area contributed by atoms with Crippen LogP contribution in [-0.4, -0.2) is 46.8 Å². The van der Waals surface area contributed by atoms with Crippen LogP contribution < -0.4 is 5.32 Å². The number of hydrogen-bond donors (Lipinski definition) is 1. The van der Waals surface area contributed by atoms with Crippen molar-refractivity contribution < 1.29 is 4.79 Å². The first-order chi connectivity index (χ1) is 10.3. The van der Waals surface area contributed by atoms with Crippen molar-refractivity contribution in [3.63, 3.8) is 0 Å². The Morgan fingerprint density at radius 1 is 1.38 bits per heavy atom. The number of amides is 1. The van der Waals surface area contributed by atoms with E-state index in [2.05, 4.69) is 10.4 Å². The lowest BCUT2D eigenvalue weighted by atomic mass is 10.1. The van der Waals surface area contributed by atoms with Gasteiger partial charge in [0.1, 0.15) is 0 Å². The lowest BCUT2D eigenvalue weighted by Crippen LogP contribution is -2.46. The van der Waals surface area contributed by atoms with E-state index >= 15 is 0 Å². The van der Waals surface area contributed by atoms with Gasteiger partial charge in [0, 0.05) is 25.8 Å². The van der Waals surface area contributed by atoms with E-state index in [1.54, 1.807) is 17.1 Å². The quantitative estimate of drug-likeness (QED) is 0.933. The van der Waals surface area contributed by atoms with E-state index in [1.807, 2.05) is 42.3 Å². The smallest absolute Gasteiger partial charge is 0.257 e. The zero-order valence-electron chi connectivity index (χ0n) is 12.2. The van der Waals surface area contributed by atoms with Crippen molar-refractivity contribution >= 4 is 5.91 Å². The van der Waals surface area contributed by atoms with Gasteiger partial charge in [-0.25, -0.2) is 4.68 Å². The topological polar surface area (TPSA) is 50.2 Å². The molecule has 5 nitrogen and oxygen atoms in total. The minimum Gasteiger partial charge on any atom is -0.337 e. The molecule has 0 bridgehead atoms. The number of hydrogen-bond acceptors (Lipinski definition) is 3. The van der Waals surface area contributed by atoms with Crippen LogP contribution in [0, 0.1) is 0 Å². The van der Waals surface area contributed by atoms with E-state index < -0.39 is 0 Å². The largest absolute Gasteiger partial charge is 0.337 e. The number of para-hydroxylation sites is 1. The molecule has 1 aromatic carbocycles. The van der Waals surface area contributed by atoms with Crippen LogP contribution in [0.1, 0.15) is 23.2 Å². The SMILES string of the molecule is CN(C(=O)c1cnn(-c2ccccc2)c1)C1CCCNC1. The average Bonchev–Trinajstić information content (AvgIpc) is 3.05. The van der Waals surface area contributed by atoms with Crippen LogP contribution in [0.15, 0.2) is 42.7 Å². The van der Waals surface area contributed by atoms with Crippen molar-refractivity contribution in [3.05, 3.63) is 48.3 Å². The van der Waals surface area contributed by atoms with Gasteiger partial charge in [-0.1, -0.05) is 18.2 Å². The van der Waals surface area contributed by atoms with Gasteiger partial charge >= 0.3 is 0 Å². The Balaban J connectivity index is 1.74. The first kappa shape index (κ1) is 13.8. The fourth-order valence-electron chi connectivity index (χ4n) is 2.69. The van der Waals surface area contributed by atoms with E-state index in [-0.39, 0.29) is 11.9 Å². The highest BCUT2D eigenvalue weighted by molar-refractivity contribution is 5.93. The second-order valence-corrected chi connectivity index (χ2v) is 5.43. The van der Waals surface area contributed by atoms with Crippen molar-refractivity contribution in [3.8, 4) is 5.69 Å². The summed E-state index contributed by atoms with van der Waals surface area (Å²) in [7, 11) is 1.87. The van der Waals surface area contributed by atoms with E-state index in [0.29, 0.717) is 5.56 Å². The predicted molar refractivity (Wildman–Crippen MR) is 81.5 cm³/mol. The summed E-state index contributed by atoms with van der Waals surface area (Å²) in [4.78, 5) is 14.4. The van der Waals surface area contributed by atoms with Gasteiger partial charge in [-0.2, -0.15) is 5.10 Å². The maximum Gasteiger partial charge on any atom is 0.257 e. The summed E-state index contributed by atoms with van der Waals surface area (Å²) in [5.74, 6) is 0.0332. The third-order valence-electron chi connectivity index (χ3n) is 3.99. The first-order valence-electron chi connectivity index (χ1n) is 7.33. The molecule has 1 atom stereocenters. The second kappa shape index (κ2) is 6.10. The number of likely N-dealkylation sites (N-methyl/N-ethyl adjacent to an activating group) is 1. The fraction of sp³-hybridized carbons (Fsp3) is 0.375. The third kappa shape index (κ3) is 2.97. The molecule has 1 fully saturated rings. The number of carbonyl (C=O) groups is 1. The zero-order valence-corrected chi connectivity index (χ0v) is 12.2. The monoisotopic (exact) mass is 284 g/mol. The molecule has 2 heterocycles. The van der Waals surface area contributed by atoms with Gasteiger partial charge in [0.25, 0.3) is 5.91 Å². The molecular formula is C16H20N4O. The molecule has 1 aliphatic rings. The number of nitrogens with zero attached hydrogens (tertiary/aromatic N) is 3. The van der Waals surface area contributed by atoms with Gasteiger partial charge < -0.3 is 10.2 Å². The van der Waals surface area contributed by atoms with Gasteiger partial charge in [-0.15, -0.1) is 0 Å². The lowest BCUT2D eigenvalue weighted by molar-refractivity contribution is 0.0708. The summed E-state index contributed by atoms with van der Waals surface area (Å²) in [5.41, 5.74) is 1.59. The van der Waals surface area contributed by atoms with E-state index in [0.717, 1.165) is 31.6 Å². The Labute approximate surface area is 124 Å². The van der Waals surface area contributed by atoms with Gasteiger partial charge in [0.05, 0.1) is 17.4 Å². The van der Waals surface area contributed by atoms with Crippen molar-refractivity contribution in [2.24, 2.45) is 0 Å². The third-order valence-corrected chi connectivity index (χ3v) is 3.99. The summed E-state index contributed by atoms with van der Waals surface area (Å²) in [6, 6.07) is 10.1. The van der Waals surface area contributed by atoms with E-state index in [4.69, 9.17) is 0 Å². The van der Waals surface area contributed by atoms with Crippen LogP contribution >= 0.6 is 0 Å². The van der Waals surface area contributed by atoms with Crippen LogP contribution in [0.4, 0.5) is 0 Å². The zero-order chi connectivity index (χ0) is 14.7. The number of nitrogens with one attached hydrogen (secondary N) is 1. The summed E-state index contributed by atoms with van der Waals surface area (Å²) in [6.07, 6.45) is 5.61. The Kier molecular flexibility index (Phi) is 4.01. The minimum atomic E-state index is 0.0332. The van der Waals surface area contributed by atoms with Crippen molar-refractivity contribution in [1.29, 1.82) is 0 Å². The molecule has 0 saturated carbocycles. The van der Waals surface area contributed by atoms with Crippen LogP contribution in [0.3, 0.4) is 0 Å². The predicted octanol–water partition coefficient (Wildman–Crippen LogP) is 1.70. The molecule has 1 unspecified atom stereocenters. The number of piperidine rings is 1. The molecule has 1 aromatic heterocycles. The average molecular weight is 284 g/mol. The Bertz CT molecular complexity index is 602. The van der Waals surface area contributed by atoms with Gasteiger partial charge in [-0.3, -0.25) is 4.79 Å². The number of rotatable bonds is 3. The molecule has 21 heavy (non-hydrogen) atoms. The molecule has 0 aliphatic carbocycles. The van der Waals surface area contributed by atoms with E-state index in [9.17, 15) is 4.79 Å². The molecule has 1 aliphatic heterocycles. The Hall–Kier alpha value is -2.14. The standard InChI is InChI=1S/C16H20N4O/c1-19(15-8-5-9-17-11-15)16(21)13-10-18-20(12-13)14-6-3-2-4-7-14/h2-4,6-7,10,12,15,17H,5,8-9,11H2,1H3. The van der Waals surface area contributed by atoms with Crippen molar-refractivity contribution in [2.75, 3.05) is 20.1 Å². The maximum absolute atomic E-state index is 12.5. The molecule has 110 valence electrons. The number of benzene rings is 1. The van der Waals surface area contributed by atoms with E-state index in [1.165, 1.54) is 0 Å². The molecule has 1 saturated heterocycles. The van der Waals surface area contributed by atoms with Gasteiger partial charge in [0.2, 0.25) is 0 Å². The summed E-state index contributed by atoms with van der Waals surface area (Å²) in [5, 5.41) is 7.63. The fourth-order valence-corrected chi connectivity index (χ4v) is 2.69. The van der Waals surface area contributed by atoms with Gasteiger partial charge in [0.15, 0.2) is 0 Å². The van der Waals surface area contributed by atoms with Crippen molar-refractivity contribution in [2.45, 2.75) is 18.9 Å². The van der Waals surface area contributed by atoms with Crippen LogP contribution in [0.25, 0.3) is 5.69 Å². The highest BCUT2D eigenvalue weighted by atomic mass is 16.2. The first-order valence-corrected chi connectivity index (χ1v) is 7.33. The molecular weight excluding hydrogens is 264 g/mol. The number of carbonyl (C=O) groups excluding carboxylic acids is 1. The molecule has 0 radical (unpaired) electrons. The van der Waals surface area contributed by atoms with Gasteiger partial charge in [-0.05, 0) is 31.5 Å². The normalized spacial score (nSPS) is 18.4. The number of aromatic nitrogens is 2. The molecule has 1 amide bonds. The van der Waals surface area contributed by atoms with Crippen LogP contribution in [0.2, 0.25) is 0 Å². The minimum absolute atomic E-state index is 0.0332. The van der Waals surface area contributed by atoms with Crippen LogP contribution in [-0.2, 0) is 0 Å². The van der Waals surface area contributed by atoms with Crippen molar-refractivity contribution in [1.82, 2.24) is 20.0 Å². The maximum atomic E-state index is 12.5. The molecule has 2 aromatic rings. The molecule has 1 N–H and O–H groups in total. The highest BCUT2D eigenvalue weighted by Gasteiger charge is 2.23. The molecule has 0 spiro atoms. The lowest BCUT2D eigenvalue weighted by Gasteiger charge is -2.31. The summed E-state index contributed by atoms with van der Waals surface area (Å²) < 4.78 is 1.74. The Morgan fingerprint density at radius 2 is 2.19 bits per heavy atom. The second-order valence-electron chi connectivity index (χ2n) is 5.43. The van der Waals surface area contributed by atoms with Crippen LogP contribution in [0.5, 0.6) is 0 Å². The summed E-state index contributed by atoms with van der Waals surface area (Å²) in [6.45, 7) is 1.92. The Morgan fingerprint density at radius 3 is 2.90 bits per heavy atom. The molecule has 3 rings (SSSR count).